The van der Waals surface area contributed by atoms with Crippen LogP contribution in [0, 0.1) is 13.8 Å². The number of hydrogen-bond acceptors (Lipinski definition) is 2. The second-order valence-electron chi connectivity index (χ2n) is 5.34. The number of amides is 1. The van der Waals surface area contributed by atoms with Crippen molar-refractivity contribution in [1.29, 1.82) is 0 Å². The van der Waals surface area contributed by atoms with Gasteiger partial charge >= 0.3 is 0 Å². The minimum absolute atomic E-state index is 0.0919. The lowest BCUT2D eigenvalue weighted by atomic mass is 10.1. The van der Waals surface area contributed by atoms with Gasteiger partial charge in [0.2, 0.25) is 5.91 Å². The Morgan fingerprint density at radius 2 is 1.91 bits per heavy atom. The fourth-order valence-electron chi connectivity index (χ4n) is 2.52. The van der Waals surface area contributed by atoms with Crippen LogP contribution in [0.15, 0.2) is 36.4 Å². The summed E-state index contributed by atoms with van der Waals surface area (Å²) in [4.78, 5) is 14.2. The number of carbonyl (C=O) groups is 1. The maximum atomic E-state index is 12.4. The zero-order valence-electron chi connectivity index (χ0n) is 12.3. The van der Waals surface area contributed by atoms with Crippen LogP contribution in [0.4, 0.5) is 5.69 Å². The van der Waals surface area contributed by atoms with Crippen molar-refractivity contribution in [1.82, 2.24) is 0 Å². The SMILES string of the molecule is Cc1ccc(N2C(=O)CSC2c2cccc(Cl)c2Cl)cc1C. The first-order chi connectivity index (χ1) is 10.5. The molecule has 0 spiro atoms. The average molecular weight is 352 g/mol. The normalized spacial score (nSPS) is 18.1. The number of rotatable bonds is 2. The van der Waals surface area contributed by atoms with Gasteiger partial charge in [-0.05, 0) is 43.2 Å². The molecule has 114 valence electrons. The van der Waals surface area contributed by atoms with Crippen molar-refractivity contribution in [3.05, 3.63) is 63.1 Å². The van der Waals surface area contributed by atoms with Crippen molar-refractivity contribution < 1.29 is 4.79 Å². The first-order valence-electron chi connectivity index (χ1n) is 6.94. The van der Waals surface area contributed by atoms with E-state index in [-0.39, 0.29) is 11.3 Å². The van der Waals surface area contributed by atoms with Gasteiger partial charge in [-0.3, -0.25) is 9.69 Å². The van der Waals surface area contributed by atoms with E-state index in [1.165, 1.54) is 5.56 Å². The quantitative estimate of drug-likeness (QED) is 0.722. The molecule has 1 aliphatic heterocycles. The average Bonchev–Trinajstić information content (AvgIpc) is 2.86. The third-order valence-electron chi connectivity index (χ3n) is 3.88. The number of nitrogens with zero attached hydrogens (tertiary/aromatic N) is 1. The van der Waals surface area contributed by atoms with Crippen LogP contribution >= 0.6 is 35.0 Å². The van der Waals surface area contributed by atoms with E-state index < -0.39 is 0 Å². The number of thioether (sulfide) groups is 1. The molecule has 0 saturated carbocycles. The van der Waals surface area contributed by atoms with E-state index in [0.29, 0.717) is 15.8 Å². The zero-order chi connectivity index (χ0) is 15.9. The summed E-state index contributed by atoms with van der Waals surface area (Å²) < 4.78 is 0. The summed E-state index contributed by atoms with van der Waals surface area (Å²) >= 11 is 14.0. The highest BCUT2D eigenvalue weighted by Gasteiger charge is 2.35. The molecule has 0 aromatic heterocycles. The van der Waals surface area contributed by atoms with Crippen LogP contribution in [0.3, 0.4) is 0 Å². The third kappa shape index (κ3) is 2.73. The number of carbonyl (C=O) groups excluding carboxylic acids is 1. The fraction of sp³-hybridized carbons (Fsp3) is 0.235. The highest BCUT2D eigenvalue weighted by molar-refractivity contribution is 8.00. The predicted octanol–water partition coefficient (Wildman–Crippen LogP) is 5.39. The van der Waals surface area contributed by atoms with E-state index in [1.807, 2.05) is 42.2 Å². The van der Waals surface area contributed by atoms with Gasteiger partial charge in [0.25, 0.3) is 0 Å². The number of aryl methyl sites for hydroxylation is 2. The predicted molar refractivity (Wildman–Crippen MR) is 95.1 cm³/mol. The summed E-state index contributed by atoms with van der Waals surface area (Å²) in [5.41, 5.74) is 4.15. The summed E-state index contributed by atoms with van der Waals surface area (Å²) in [5.74, 6) is 0.537. The number of anilines is 1. The van der Waals surface area contributed by atoms with Gasteiger partial charge in [-0.2, -0.15) is 0 Å². The summed E-state index contributed by atoms with van der Waals surface area (Å²) in [7, 11) is 0. The molecule has 1 amide bonds. The molecule has 2 nitrogen and oxygen atoms in total. The molecular weight excluding hydrogens is 337 g/mol. The Bertz CT molecular complexity index is 747. The van der Waals surface area contributed by atoms with Gasteiger partial charge in [-0.1, -0.05) is 41.4 Å². The number of halogens is 2. The summed E-state index contributed by atoms with van der Waals surface area (Å²) in [5, 5.41) is 0.894. The van der Waals surface area contributed by atoms with Crippen LogP contribution in [0.5, 0.6) is 0 Å². The second-order valence-corrected chi connectivity index (χ2v) is 7.19. The fourth-order valence-corrected chi connectivity index (χ4v) is 4.20. The van der Waals surface area contributed by atoms with E-state index in [2.05, 4.69) is 6.92 Å². The molecule has 1 saturated heterocycles. The van der Waals surface area contributed by atoms with Gasteiger partial charge in [-0.15, -0.1) is 11.8 Å². The molecule has 2 aromatic rings. The maximum absolute atomic E-state index is 12.4. The molecule has 5 heteroatoms. The number of hydrogen-bond donors (Lipinski definition) is 0. The van der Waals surface area contributed by atoms with E-state index in [1.54, 1.807) is 17.8 Å². The molecule has 0 aliphatic carbocycles. The molecule has 2 aromatic carbocycles. The van der Waals surface area contributed by atoms with Crippen molar-refractivity contribution in [2.24, 2.45) is 0 Å². The minimum atomic E-state index is -0.138. The molecule has 0 bridgehead atoms. The molecule has 1 atom stereocenters. The topological polar surface area (TPSA) is 20.3 Å². The zero-order valence-corrected chi connectivity index (χ0v) is 14.6. The van der Waals surface area contributed by atoms with E-state index in [9.17, 15) is 4.79 Å². The molecular formula is C17H15Cl2NOS. The lowest BCUT2D eigenvalue weighted by molar-refractivity contribution is -0.115. The van der Waals surface area contributed by atoms with Crippen LogP contribution < -0.4 is 4.90 Å². The maximum Gasteiger partial charge on any atom is 0.238 e. The lowest BCUT2D eigenvalue weighted by Gasteiger charge is -2.26. The molecule has 1 aliphatic rings. The van der Waals surface area contributed by atoms with Crippen LogP contribution in [0.25, 0.3) is 0 Å². The van der Waals surface area contributed by atoms with Gasteiger partial charge in [-0.25, -0.2) is 0 Å². The first kappa shape index (κ1) is 15.7. The Hall–Kier alpha value is -1.16. The first-order valence-corrected chi connectivity index (χ1v) is 8.74. The molecule has 1 heterocycles. The van der Waals surface area contributed by atoms with Crippen molar-refractivity contribution in [2.75, 3.05) is 10.7 Å². The minimum Gasteiger partial charge on any atom is -0.295 e. The van der Waals surface area contributed by atoms with Crippen molar-refractivity contribution >= 4 is 46.6 Å². The van der Waals surface area contributed by atoms with Gasteiger partial charge in [0, 0.05) is 11.3 Å². The van der Waals surface area contributed by atoms with E-state index in [0.717, 1.165) is 16.8 Å². The van der Waals surface area contributed by atoms with Gasteiger partial charge in [0.15, 0.2) is 0 Å². The van der Waals surface area contributed by atoms with Crippen molar-refractivity contribution in [2.45, 2.75) is 19.2 Å². The smallest absolute Gasteiger partial charge is 0.238 e. The van der Waals surface area contributed by atoms with Crippen LogP contribution in [0.1, 0.15) is 22.1 Å². The van der Waals surface area contributed by atoms with Crippen molar-refractivity contribution in [3.8, 4) is 0 Å². The summed E-state index contributed by atoms with van der Waals surface area (Å²) in [6.45, 7) is 4.11. The molecule has 22 heavy (non-hydrogen) atoms. The van der Waals surface area contributed by atoms with Gasteiger partial charge in [0.05, 0.1) is 15.8 Å². The Balaban J connectivity index is 2.06. The van der Waals surface area contributed by atoms with Crippen LogP contribution in [-0.4, -0.2) is 11.7 Å². The molecule has 0 radical (unpaired) electrons. The Morgan fingerprint density at radius 3 is 2.64 bits per heavy atom. The molecule has 3 rings (SSSR count). The Morgan fingerprint density at radius 1 is 1.14 bits per heavy atom. The third-order valence-corrected chi connectivity index (χ3v) is 5.91. The Labute approximate surface area is 144 Å². The van der Waals surface area contributed by atoms with Gasteiger partial charge < -0.3 is 0 Å². The summed E-state index contributed by atoms with van der Waals surface area (Å²) in [6, 6.07) is 11.6. The highest BCUT2D eigenvalue weighted by atomic mass is 35.5. The molecule has 0 N–H and O–H groups in total. The lowest BCUT2D eigenvalue weighted by Crippen LogP contribution is -2.28. The van der Waals surface area contributed by atoms with E-state index >= 15 is 0 Å². The molecule has 1 fully saturated rings. The summed E-state index contributed by atoms with van der Waals surface area (Å²) in [6.07, 6.45) is 0. The highest BCUT2D eigenvalue weighted by Crippen LogP contribution is 2.45. The van der Waals surface area contributed by atoms with Gasteiger partial charge in [0.1, 0.15) is 5.37 Å². The Kier molecular flexibility index (Phi) is 4.40. The van der Waals surface area contributed by atoms with E-state index in [4.69, 9.17) is 23.2 Å². The largest absolute Gasteiger partial charge is 0.295 e. The second kappa shape index (κ2) is 6.15. The standard InChI is InChI=1S/C17H15Cl2NOS/c1-10-6-7-12(8-11(10)2)20-15(21)9-22-17(20)13-4-3-5-14(18)16(13)19/h3-8,17H,9H2,1-2H3. The van der Waals surface area contributed by atoms with Crippen LogP contribution in [0.2, 0.25) is 10.0 Å². The monoisotopic (exact) mass is 351 g/mol. The molecule has 1 unspecified atom stereocenters. The number of benzene rings is 2. The van der Waals surface area contributed by atoms with Crippen LogP contribution in [-0.2, 0) is 4.79 Å². The van der Waals surface area contributed by atoms with Crippen molar-refractivity contribution in [3.63, 3.8) is 0 Å².